The predicted octanol–water partition coefficient (Wildman–Crippen LogP) is 1.58. The molecule has 1 aromatic carbocycles. The molecular weight excluding hydrogens is 246 g/mol. The van der Waals surface area contributed by atoms with Gasteiger partial charge in [0.05, 0.1) is 0 Å². The summed E-state index contributed by atoms with van der Waals surface area (Å²) in [6.45, 7) is 5.31. The average Bonchev–Trinajstić information content (AvgIpc) is 2.38. The van der Waals surface area contributed by atoms with E-state index >= 15 is 0 Å². The number of methoxy groups -OCH3 is 1. The molecule has 1 aromatic rings. The van der Waals surface area contributed by atoms with E-state index in [1.807, 2.05) is 19.9 Å². The van der Waals surface area contributed by atoms with Crippen LogP contribution in [0, 0.1) is 13.8 Å². The van der Waals surface area contributed by atoms with Crippen LogP contribution in [0.1, 0.15) is 29.7 Å². The molecule has 0 fully saturated rings. The van der Waals surface area contributed by atoms with Crippen molar-refractivity contribution in [2.45, 2.75) is 32.9 Å². The van der Waals surface area contributed by atoms with Crippen LogP contribution in [-0.4, -0.2) is 30.2 Å². The second-order valence-electron chi connectivity index (χ2n) is 4.45. The molecular formula is C14H19NO4. The highest BCUT2D eigenvalue weighted by atomic mass is 16.5. The van der Waals surface area contributed by atoms with Gasteiger partial charge in [0.15, 0.2) is 6.04 Å². The standard InChI is InChI=1S/C14H19NO4/c1-8-6-5-7-11(9(8)2)12(14(17)18)15-13(16)10(3)19-4/h5-7,10,12H,1-4H3,(H,15,16)(H,17,18). The Hall–Kier alpha value is -1.88. The maximum atomic E-state index is 11.8. The van der Waals surface area contributed by atoms with Gasteiger partial charge in [0.1, 0.15) is 6.10 Å². The third-order valence-electron chi connectivity index (χ3n) is 3.21. The predicted molar refractivity (Wildman–Crippen MR) is 70.9 cm³/mol. The van der Waals surface area contributed by atoms with Crippen LogP contribution in [-0.2, 0) is 14.3 Å². The van der Waals surface area contributed by atoms with Crippen molar-refractivity contribution < 1.29 is 19.4 Å². The summed E-state index contributed by atoms with van der Waals surface area (Å²) in [7, 11) is 1.40. The number of carbonyl (C=O) groups excluding carboxylic acids is 1. The highest BCUT2D eigenvalue weighted by Gasteiger charge is 2.26. The molecule has 104 valence electrons. The van der Waals surface area contributed by atoms with Gasteiger partial charge >= 0.3 is 5.97 Å². The molecule has 0 saturated carbocycles. The molecule has 1 rings (SSSR count). The molecule has 0 bridgehead atoms. The summed E-state index contributed by atoms with van der Waals surface area (Å²) in [6.07, 6.45) is -0.688. The second-order valence-corrected chi connectivity index (χ2v) is 4.45. The van der Waals surface area contributed by atoms with Crippen molar-refractivity contribution in [2.24, 2.45) is 0 Å². The average molecular weight is 265 g/mol. The van der Waals surface area contributed by atoms with E-state index in [4.69, 9.17) is 4.74 Å². The summed E-state index contributed by atoms with van der Waals surface area (Å²) in [5.41, 5.74) is 2.43. The smallest absolute Gasteiger partial charge is 0.330 e. The molecule has 1 amide bonds. The number of rotatable bonds is 5. The summed E-state index contributed by atoms with van der Waals surface area (Å²) in [5, 5.41) is 11.8. The number of hydrogen-bond donors (Lipinski definition) is 2. The second kappa shape index (κ2) is 6.33. The summed E-state index contributed by atoms with van der Waals surface area (Å²) < 4.78 is 4.88. The Labute approximate surface area is 112 Å². The van der Waals surface area contributed by atoms with Gasteiger partial charge in [-0.2, -0.15) is 0 Å². The van der Waals surface area contributed by atoms with E-state index in [9.17, 15) is 14.7 Å². The van der Waals surface area contributed by atoms with Crippen LogP contribution in [0.4, 0.5) is 0 Å². The topological polar surface area (TPSA) is 75.6 Å². The van der Waals surface area contributed by atoms with E-state index in [-0.39, 0.29) is 0 Å². The van der Waals surface area contributed by atoms with Crippen molar-refractivity contribution in [3.63, 3.8) is 0 Å². The first-order chi connectivity index (χ1) is 8.88. The zero-order valence-electron chi connectivity index (χ0n) is 11.6. The van der Waals surface area contributed by atoms with E-state index in [0.29, 0.717) is 5.56 Å². The lowest BCUT2D eigenvalue weighted by molar-refractivity contribution is -0.143. The van der Waals surface area contributed by atoms with Gasteiger partial charge in [-0.25, -0.2) is 4.79 Å². The van der Waals surface area contributed by atoms with E-state index < -0.39 is 24.0 Å². The van der Waals surface area contributed by atoms with Crippen molar-refractivity contribution >= 4 is 11.9 Å². The third kappa shape index (κ3) is 3.54. The van der Waals surface area contributed by atoms with E-state index in [0.717, 1.165) is 11.1 Å². The molecule has 2 unspecified atom stereocenters. The summed E-state index contributed by atoms with van der Waals surface area (Å²) in [5.74, 6) is -1.54. The summed E-state index contributed by atoms with van der Waals surface area (Å²) in [6, 6.07) is 4.32. The lowest BCUT2D eigenvalue weighted by atomic mass is 9.97. The number of carboxylic acids is 1. The molecule has 0 saturated heterocycles. The first-order valence-corrected chi connectivity index (χ1v) is 6.00. The van der Waals surface area contributed by atoms with Crippen molar-refractivity contribution in [1.82, 2.24) is 5.32 Å². The van der Waals surface area contributed by atoms with Crippen molar-refractivity contribution in [2.75, 3.05) is 7.11 Å². The van der Waals surface area contributed by atoms with Crippen molar-refractivity contribution in [3.05, 3.63) is 34.9 Å². The van der Waals surface area contributed by atoms with Crippen LogP contribution >= 0.6 is 0 Å². The Morgan fingerprint density at radius 3 is 2.47 bits per heavy atom. The van der Waals surface area contributed by atoms with Gasteiger partial charge in [0, 0.05) is 7.11 Å². The number of carbonyl (C=O) groups is 2. The normalized spacial score (nSPS) is 13.7. The fourth-order valence-electron chi connectivity index (χ4n) is 1.73. The number of nitrogens with one attached hydrogen (secondary N) is 1. The number of carboxylic acid groups (broad SMARTS) is 1. The summed E-state index contributed by atoms with van der Waals surface area (Å²) >= 11 is 0. The highest BCUT2D eigenvalue weighted by Crippen LogP contribution is 2.21. The zero-order valence-corrected chi connectivity index (χ0v) is 11.6. The molecule has 0 spiro atoms. The maximum Gasteiger partial charge on any atom is 0.330 e. The minimum Gasteiger partial charge on any atom is -0.479 e. The van der Waals surface area contributed by atoms with Gasteiger partial charge in [0.2, 0.25) is 5.91 Å². The number of hydrogen-bond acceptors (Lipinski definition) is 3. The molecule has 2 N–H and O–H groups in total. The molecule has 0 aliphatic heterocycles. The van der Waals surface area contributed by atoms with E-state index in [2.05, 4.69) is 5.32 Å². The monoisotopic (exact) mass is 265 g/mol. The van der Waals surface area contributed by atoms with Crippen LogP contribution < -0.4 is 5.32 Å². The van der Waals surface area contributed by atoms with E-state index in [1.165, 1.54) is 7.11 Å². The minimum absolute atomic E-state index is 0.448. The van der Waals surface area contributed by atoms with E-state index in [1.54, 1.807) is 19.1 Å². The van der Waals surface area contributed by atoms with Crippen LogP contribution in [0.25, 0.3) is 0 Å². The third-order valence-corrected chi connectivity index (χ3v) is 3.21. The molecule has 0 radical (unpaired) electrons. The van der Waals surface area contributed by atoms with Crippen LogP contribution in [0.5, 0.6) is 0 Å². The van der Waals surface area contributed by atoms with Crippen molar-refractivity contribution in [1.29, 1.82) is 0 Å². The fraction of sp³-hybridized carbons (Fsp3) is 0.429. The van der Waals surface area contributed by atoms with Gasteiger partial charge in [-0.3, -0.25) is 4.79 Å². The Balaban J connectivity index is 3.05. The molecule has 0 aliphatic rings. The maximum absolute atomic E-state index is 11.8. The largest absolute Gasteiger partial charge is 0.479 e. The van der Waals surface area contributed by atoms with Gasteiger partial charge in [-0.15, -0.1) is 0 Å². The Bertz CT molecular complexity index is 484. The van der Waals surface area contributed by atoms with Crippen LogP contribution in [0.2, 0.25) is 0 Å². The molecule has 0 aliphatic carbocycles. The number of benzene rings is 1. The number of amides is 1. The highest BCUT2D eigenvalue weighted by molar-refractivity contribution is 5.87. The number of aryl methyl sites for hydroxylation is 1. The minimum atomic E-state index is -1.09. The first kappa shape index (κ1) is 15.2. The zero-order chi connectivity index (χ0) is 14.6. The fourth-order valence-corrected chi connectivity index (χ4v) is 1.73. The Kier molecular flexibility index (Phi) is 5.06. The first-order valence-electron chi connectivity index (χ1n) is 6.00. The van der Waals surface area contributed by atoms with Gasteiger partial charge in [-0.05, 0) is 37.5 Å². The summed E-state index contributed by atoms with van der Waals surface area (Å²) in [4.78, 5) is 23.1. The Morgan fingerprint density at radius 1 is 1.32 bits per heavy atom. The molecule has 5 heteroatoms. The molecule has 5 nitrogen and oxygen atoms in total. The van der Waals surface area contributed by atoms with Crippen molar-refractivity contribution in [3.8, 4) is 0 Å². The molecule has 0 heterocycles. The Morgan fingerprint density at radius 2 is 1.95 bits per heavy atom. The number of ether oxygens (including phenoxy) is 1. The quantitative estimate of drug-likeness (QED) is 0.847. The molecule has 19 heavy (non-hydrogen) atoms. The lowest BCUT2D eigenvalue weighted by Crippen LogP contribution is -2.40. The van der Waals surface area contributed by atoms with Gasteiger partial charge < -0.3 is 15.2 Å². The van der Waals surface area contributed by atoms with Crippen LogP contribution in [0.3, 0.4) is 0 Å². The molecule has 0 aromatic heterocycles. The number of aliphatic carboxylic acids is 1. The van der Waals surface area contributed by atoms with Gasteiger partial charge in [-0.1, -0.05) is 18.2 Å². The SMILES string of the molecule is COC(C)C(=O)NC(C(=O)O)c1cccc(C)c1C. The molecule has 2 atom stereocenters. The van der Waals surface area contributed by atoms with Gasteiger partial charge in [0.25, 0.3) is 0 Å². The lowest BCUT2D eigenvalue weighted by Gasteiger charge is -2.20. The van der Waals surface area contributed by atoms with Crippen LogP contribution in [0.15, 0.2) is 18.2 Å².